The van der Waals surface area contributed by atoms with Crippen LogP contribution in [0.25, 0.3) is 10.9 Å². The number of para-hydroxylation sites is 1. The summed E-state index contributed by atoms with van der Waals surface area (Å²) in [5.41, 5.74) is 6.38. The van der Waals surface area contributed by atoms with Crippen LogP contribution in [0.1, 0.15) is 0 Å². The largest absolute Gasteiger partial charge is 0.405 e. The Labute approximate surface area is 82.6 Å². The first kappa shape index (κ1) is 8.69. The van der Waals surface area contributed by atoms with Crippen LogP contribution in [0.2, 0.25) is 0 Å². The van der Waals surface area contributed by atoms with E-state index in [9.17, 15) is 0 Å². The van der Waals surface area contributed by atoms with Gasteiger partial charge in [-0.05, 0) is 24.4 Å². The Morgan fingerprint density at radius 2 is 2.21 bits per heavy atom. The number of fused-ring (bicyclic) bond motifs is 1. The quantitative estimate of drug-likeness (QED) is 0.688. The summed E-state index contributed by atoms with van der Waals surface area (Å²) in [5, 5.41) is 4.43. The van der Waals surface area contributed by atoms with Crippen molar-refractivity contribution < 1.29 is 0 Å². The van der Waals surface area contributed by atoms with Gasteiger partial charge in [-0.15, -0.1) is 0 Å². The molecule has 72 valence electrons. The molecule has 14 heavy (non-hydrogen) atoms. The number of benzene rings is 1. The number of anilines is 1. The average molecular weight is 187 g/mol. The second-order valence-electron chi connectivity index (χ2n) is 3.08. The molecule has 1 aromatic heterocycles. The van der Waals surface area contributed by atoms with E-state index in [1.807, 2.05) is 18.2 Å². The third-order valence-corrected chi connectivity index (χ3v) is 2.08. The SMILES string of the molecule is NC=CCNc1cc2ccccc2[nH]1. The summed E-state index contributed by atoms with van der Waals surface area (Å²) in [5.74, 6) is 1.02. The van der Waals surface area contributed by atoms with Gasteiger partial charge in [-0.1, -0.05) is 18.2 Å². The smallest absolute Gasteiger partial charge is 0.104 e. The molecule has 3 heteroatoms. The Bertz CT molecular complexity index is 409. The Morgan fingerprint density at radius 1 is 1.36 bits per heavy atom. The Kier molecular flexibility index (Phi) is 2.40. The van der Waals surface area contributed by atoms with Crippen molar-refractivity contribution in [3.63, 3.8) is 0 Å². The molecule has 0 saturated carbocycles. The highest BCUT2D eigenvalue weighted by molar-refractivity contribution is 5.83. The number of hydrogen-bond donors (Lipinski definition) is 3. The van der Waals surface area contributed by atoms with Gasteiger partial charge in [0.15, 0.2) is 0 Å². The molecule has 0 atom stereocenters. The van der Waals surface area contributed by atoms with Gasteiger partial charge in [-0.25, -0.2) is 0 Å². The highest BCUT2D eigenvalue weighted by atomic mass is 15.0. The molecule has 0 radical (unpaired) electrons. The summed E-state index contributed by atoms with van der Waals surface area (Å²) in [4.78, 5) is 3.27. The van der Waals surface area contributed by atoms with Gasteiger partial charge in [0.25, 0.3) is 0 Å². The van der Waals surface area contributed by atoms with E-state index >= 15 is 0 Å². The fraction of sp³-hybridized carbons (Fsp3) is 0.0909. The monoisotopic (exact) mass is 187 g/mol. The molecule has 0 saturated heterocycles. The molecule has 3 nitrogen and oxygen atoms in total. The molecule has 4 N–H and O–H groups in total. The lowest BCUT2D eigenvalue weighted by molar-refractivity contribution is 1.27. The summed E-state index contributed by atoms with van der Waals surface area (Å²) >= 11 is 0. The van der Waals surface area contributed by atoms with Gasteiger partial charge in [0.1, 0.15) is 5.82 Å². The lowest BCUT2D eigenvalue weighted by Crippen LogP contribution is -1.98. The van der Waals surface area contributed by atoms with E-state index in [1.165, 1.54) is 11.6 Å². The van der Waals surface area contributed by atoms with Crippen molar-refractivity contribution in [3.8, 4) is 0 Å². The molecule has 0 aliphatic rings. The molecule has 1 heterocycles. The number of H-pyrrole nitrogens is 1. The van der Waals surface area contributed by atoms with Gasteiger partial charge in [-0.3, -0.25) is 0 Å². The molecule has 2 aromatic rings. The van der Waals surface area contributed by atoms with Crippen LogP contribution >= 0.6 is 0 Å². The fourth-order valence-corrected chi connectivity index (χ4v) is 1.41. The highest BCUT2D eigenvalue weighted by Crippen LogP contribution is 2.17. The van der Waals surface area contributed by atoms with Gasteiger partial charge in [-0.2, -0.15) is 0 Å². The van der Waals surface area contributed by atoms with E-state index in [-0.39, 0.29) is 0 Å². The van der Waals surface area contributed by atoms with Gasteiger partial charge >= 0.3 is 0 Å². The minimum absolute atomic E-state index is 0.739. The van der Waals surface area contributed by atoms with E-state index in [0.29, 0.717) is 0 Å². The molecule has 0 aliphatic carbocycles. The number of rotatable bonds is 3. The van der Waals surface area contributed by atoms with Crippen molar-refractivity contribution in [1.82, 2.24) is 4.98 Å². The number of aromatic amines is 1. The zero-order valence-corrected chi connectivity index (χ0v) is 7.83. The van der Waals surface area contributed by atoms with Gasteiger partial charge < -0.3 is 16.0 Å². The molecule has 0 unspecified atom stereocenters. The second-order valence-corrected chi connectivity index (χ2v) is 3.08. The predicted molar refractivity (Wildman–Crippen MR) is 60.1 cm³/mol. The maximum Gasteiger partial charge on any atom is 0.104 e. The van der Waals surface area contributed by atoms with Crippen molar-refractivity contribution in [2.75, 3.05) is 11.9 Å². The number of hydrogen-bond acceptors (Lipinski definition) is 2. The molecule has 1 aromatic carbocycles. The molecule has 2 rings (SSSR count). The predicted octanol–water partition coefficient (Wildman–Crippen LogP) is 2.05. The minimum Gasteiger partial charge on any atom is -0.405 e. The van der Waals surface area contributed by atoms with Crippen LogP contribution in [-0.2, 0) is 0 Å². The normalized spacial score (nSPS) is 11.1. The van der Waals surface area contributed by atoms with Crippen LogP contribution in [0.4, 0.5) is 5.82 Å². The van der Waals surface area contributed by atoms with Crippen molar-refractivity contribution >= 4 is 16.7 Å². The molecule has 0 fully saturated rings. The first-order valence-corrected chi connectivity index (χ1v) is 4.58. The van der Waals surface area contributed by atoms with Crippen LogP contribution in [0.5, 0.6) is 0 Å². The minimum atomic E-state index is 0.739. The van der Waals surface area contributed by atoms with Crippen molar-refractivity contribution in [1.29, 1.82) is 0 Å². The molecular formula is C11H13N3. The number of aromatic nitrogens is 1. The first-order chi connectivity index (χ1) is 6.90. The standard InChI is InChI=1S/C11H13N3/c12-6-3-7-13-11-8-9-4-1-2-5-10(9)14-11/h1-6,8,13-14H,7,12H2. The van der Waals surface area contributed by atoms with Gasteiger partial charge in [0.05, 0.1) is 0 Å². The number of nitrogens with two attached hydrogens (primary N) is 1. The topological polar surface area (TPSA) is 53.8 Å². The van der Waals surface area contributed by atoms with E-state index in [1.54, 1.807) is 0 Å². The first-order valence-electron chi connectivity index (χ1n) is 4.58. The summed E-state index contributed by atoms with van der Waals surface area (Å²) < 4.78 is 0. The molecule has 0 bridgehead atoms. The summed E-state index contributed by atoms with van der Waals surface area (Å²) in [6.07, 6.45) is 3.40. The van der Waals surface area contributed by atoms with Crippen LogP contribution in [0, 0.1) is 0 Å². The molecule has 0 spiro atoms. The summed E-state index contributed by atoms with van der Waals surface area (Å²) in [6, 6.07) is 10.3. The Balaban J connectivity index is 2.18. The lowest BCUT2D eigenvalue weighted by Gasteiger charge is -1.96. The van der Waals surface area contributed by atoms with Crippen LogP contribution in [0.15, 0.2) is 42.6 Å². The van der Waals surface area contributed by atoms with E-state index < -0.39 is 0 Å². The third kappa shape index (κ3) is 1.71. The fourth-order valence-electron chi connectivity index (χ4n) is 1.41. The van der Waals surface area contributed by atoms with Gasteiger partial charge in [0, 0.05) is 17.4 Å². The highest BCUT2D eigenvalue weighted by Gasteiger charge is 1.96. The van der Waals surface area contributed by atoms with Crippen LogP contribution in [0.3, 0.4) is 0 Å². The summed E-state index contributed by atoms with van der Waals surface area (Å²) in [6.45, 7) is 0.739. The molecule has 0 amide bonds. The maximum atomic E-state index is 5.24. The van der Waals surface area contributed by atoms with Crippen molar-refractivity contribution in [2.24, 2.45) is 5.73 Å². The van der Waals surface area contributed by atoms with E-state index in [0.717, 1.165) is 17.9 Å². The zero-order valence-electron chi connectivity index (χ0n) is 7.83. The lowest BCUT2D eigenvalue weighted by atomic mass is 10.2. The second kappa shape index (κ2) is 3.87. The Morgan fingerprint density at radius 3 is 3.00 bits per heavy atom. The van der Waals surface area contributed by atoms with Gasteiger partial charge in [0.2, 0.25) is 0 Å². The van der Waals surface area contributed by atoms with Crippen LogP contribution < -0.4 is 11.1 Å². The zero-order chi connectivity index (χ0) is 9.80. The third-order valence-electron chi connectivity index (χ3n) is 2.08. The maximum absolute atomic E-state index is 5.24. The Hall–Kier alpha value is -1.90. The average Bonchev–Trinajstić information content (AvgIpc) is 2.60. The van der Waals surface area contributed by atoms with E-state index in [2.05, 4.69) is 28.5 Å². The van der Waals surface area contributed by atoms with Crippen molar-refractivity contribution in [3.05, 3.63) is 42.6 Å². The van der Waals surface area contributed by atoms with E-state index in [4.69, 9.17) is 5.73 Å². The molecule has 0 aliphatic heterocycles. The number of nitrogens with one attached hydrogen (secondary N) is 2. The van der Waals surface area contributed by atoms with Crippen molar-refractivity contribution in [2.45, 2.75) is 0 Å². The summed E-state index contributed by atoms with van der Waals surface area (Å²) in [7, 11) is 0. The van der Waals surface area contributed by atoms with Crippen LogP contribution in [-0.4, -0.2) is 11.5 Å². The molecular weight excluding hydrogens is 174 g/mol.